The zero-order chi connectivity index (χ0) is 14.4. The van der Waals surface area contributed by atoms with E-state index in [1.165, 1.54) is 23.1 Å². The Morgan fingerprint density at radius 3 is 2.90 bits per heavy atom. The molecule has 0 bridgehead atoms. The van der Waals surface area contributed by atoms with Crippen LogP contribution in [0.15, 0.2) is 12.3 Å². The molecule has 1 N–H and O–H groups in total. The van der Waals surface area contributed by atoms with Crippen molar-refractivity contribution in [2.75, 3.05) is 13.1 Å². The van der Waals surface area contributed by atoms with E-state index < -0.39 is 0 Å². The molecule has 2 aliphatic heterocycles. The number of nitrogens with zero attached hydrogens (tertiary/aromatic N) is 3. The summed E-state index contributed by atoms with van der Waals surface area (Å²) in [6.45, 7) is 4.30. The van der Waals surface area contributed by atoms with E-state index in [2.05, 4.69) is 17.2 Å². The fourth-order valence-corrected chi connectivity index (χ4v) is 3.60. The van der Waals surface area contributed by atoms with Crippen LogP contribution in [0, 0.1) is 12.7 Å². The Labute approximate surface area is 123 Å². The molecule has 0 atom stereocenters. The average molecular weight is 286 g/mol. The summed E-state index contributed by atoms with van der Waals surface area (Å²) in [5.41, 5.74) is 4.72. The van der Waals surface area contributed by atoms with Crippen LogP contribution < -0.4 is 5.32 Å². The van der Waals surface area contributed by atoms with E-state index in [1.54, 1.807) is 6.07 Å². The molecule has 4 heterocycles. The van der Waals surface area contributed by atoms with E-state index in [4.69, 9.17) is 5.10 Å². The van der Waals surface area contributed by atoms with Crippen molar-refractivity contribution >= 4 is 0 Å². The molecule has 4 rings (SSSR count). The maximum absolute atomic E-state index is 13.3. The average Bonchev–Trinajstić information content (AvgIpc) is 2.85. The summed E-state index contributed by atoms with van der Waals surface area (Å²) < 4.78 is 15.3. The van der Waals surface area contributed by atoms with E-state index in [0.717, 1.165) is 50.2 Å². The molecule has 2 aromatic heterocycles. The summed E-state index contributed by atoms with van der Waals surface area (Å²) in [6, 6.07) is 1.59. The van der Waals surface area contributed by atoms with Gasteiger partial charge < -0.3 is 5.32 Å². The van der Waals surface area contributed by atoms with Crippen LogP contribution in [-0.2, 0) is 12.8 Å². The molecule has 5 heteroatoms. The number of nitrogens with one attached hydrogen (secondary N) is 1. The second kappa shape index (κ2) is 4.91. The molecule has 0 radical (unpaired) electrons. The van der Waals surface area contributed by atoms with Crippen molar-refractivity contribution < 1.29 is 4.39 Å². The van der Waals surface area contributed by atoms with Crippen LogP contribution in [-0.4, -0.2) is 27.9 Å². The van der Waals surface area contributed by atoms with Crippen molar-refractivity contribution in [3.63, 3.8) is 0 Å². The maximum Gasteiger partial charge on any atom is 0.157 e. The SMILES string of the molecule is Cc1c(C2CCNCC2)nn2c1CCc1cc(F)cnc1-2. The lowest BCUT2D eigenvalue weighted by Gasteiger charge is -2.21. The predicted molar refractivity (Wildman–Crippen MR) is 78.3 cm³/mol. The number of fused-ring (bicyclic) bond motifs is 3. The topological polar surface area (TPSA) is 42.7 Å². The molecule has 110 valence electrons. The van der Waals surface area contributed by atoms with Crippen molar-refractivity contribution in [2.24, 2.45) is 0 Å². The fourth-order valence-electron chi connectivity index (χ4n) is 3.60. The first-order valence-corrected chi connectivity index (χ1v) is 7.68. The smallest absolute Gasteiger partial charge is 0.157 e. The largest absolute Gasteiger partial charge is 0.317 e. The Hall–Kier alpha value is -1.75. The quantitative estimate of drug-likeness (QED) is 0.874. The summed E-state index contributed by atoms with van der Waals surface area (Å²) in [5, 5.41) is 8.25. The number of aryl methyl sites for hydroxylation is 1. The lowest BCUT2D eigenvalue weighted by Crippen LogP contribution is -2.27. The first-order chi connectivity index (χ1) is 10.2. The van der Waals surface area contributed by atoms with Gasteiger partial charge in [0.2, 0.25) is 0 Å². The van der Waals surface area contributed by atoms with Crippen molar-refractivity contribution in [3.8, 4) is 5.82 Å². The number of pyridine rings is 1. The third-order valence-electron chi connectivity index (χ3n) is 4.75. The lowest BCUT2D eigenvalue weighted by atomic mass is 9.91. The van der Waals surface area contributed by atoms with Crippen LogP contribution in [0.2, 0.25) is 0 Å². The van der Waals surface area contributed by atoms with Crippen LogP contribution in [0.5, 0.6) is 0 Å². The first kappa shape index (κ1) is 13.0. The Morgan fingerprint density at radius 2 is 2.10 bits per heavy atom. The third kappa shape index (κ3) is 2.07. The highest BCUT2D eigenvalue weighted by Crippen LogP contribution is 2.33. The molecular formula is C16H19FN4. The minimum absolute atomic E-state index is 0.264. The van der Waals surface area contributed by atoms with E-state index in [-0.39, 0.29) is 5.82 Å². The molecule has 2 aromatic rings. The van der Waals surface area contributed by atoms with Gasteiger partial charge in [-0.05, 0) is 57.3 Å². The molecule has 2 aliphatic rings. The fraction of sp³-hybridized carbons (Fsp3) is 0.500. The Kier molecular flexibility index (Phi) is 3.03. The van der Waals surface area contributed by atoms with Crippen molar-refractivity contribution in [3.05, 3.63) is 40.6 Å². The van der Waals surface area contributed by atoms with Crippen LogP contribution in [0.3, 0.4) is 0 Å². The van der Waals surface area contributed by atoms with Gasteiger partial charge >= 0.3 is 0 Å². The van der Waals surface area contributed by atoms with Gasteiger partial charge in [0.15, 0.2) is 5.82 Å². The van der Waals surface area contributed by atoms with Crippen LogP contribution >= 0.6 is 0 Å². The molecule has 1 fully saturated rings. The molecule has 1 saturated heterocycles. The molecule has 0 amide bonds. The summed E-state index contributed by atoms with van der Waals surface area (Å²) in [6.07, 6.45) is 5.33. The van der Waals surface area contributed by atoms with Crippen LogP contribution in [0.4, 0.5) is 4.39 Å². The van der Waals surface area contributed by atoms with E-state index in [9.17, 15) is 4.39 Å². The molecular weight excluding hydrogens is 267 g/mol. The zero-order valence-corrected chi connectivity index (χ0v) is 12.2. The second-order valence-corrected chi connectivity index (χ2v) is 6.03. The molecule has 0 aliphatic carbocycles. The molecule has 0 saturated carbocycles. The molecule has 21 heavy (non-hydrogen) atoms. The molecule has 0 aromatic carbocycles. The monoisotopic (exact) mass is 286 g/mol. The number of piperidine rings is 1. The van der Waals surface area contributed by atoms with Gasteiger partial charge in [0.1, 0.15) is 5.82 Å². The van der Waals surface area contributed by atoms with Gasteiger partial charge in [-0.25, -0.2) is 14.1 Å². The zero-order valence-electron chi connectivity index (χ0n) is 12.2. The number of hydrogen-bond acceptors (Lipinski definition) is 3. The van der Waals surface area contributed by atoms with E-state index in [0.29, 0.717) is 5.92 Å². The van der Waals surface area contributed by atoms with Gasteiger partial charge in [0.25, 0.3) is 0 Å². The van der Waals surface area contributed by atoms with Gasteiger partial charge in [-0.2, -0.15) is 5.10 Å². The van der Waals surface area contributed by atoms with Crippen LogP contribution in [0.25, 0.3) is 5.82 Å². The van der Waals surface area contributed by atoms with Crippen molar-refractivity contribution in [1.82, 2.24) is 20.1 Å². The van der Waals surface area contributed by atoms with E-state index >= 15 is 0 Å². The van der Waals surface area contributed by atoms with Gasteiger partial charge in [-0.15, -0.1) is 0 Å². The predicted octanol–water partition coefficient (Wildman–Crippen LogP) is 2.28. The summed E-state index contributed by atoms with van der Waals surface area (Å²) in [5.74, 6) is 1.08. The number of halogens is 1. The second-order valence-electron chi connectivity index (χ2n) is 6.03. The summed E-state index contributed by atoms with van der Waals surface area (Å²) >= 11 is 0. The van der Waals surface area contributed by atoms with Gasteiger partial charge in [0.05, 0.1) is 11.9 Å². The Balaban J connectivity index is 1.80. The van der Waals surface area contributed by atoms with Gasteiger partial charge in [0, 0.05) is 17.2 Å². The summed E-state index contributed by atoms with van der Waals surface area (Å²) in [4.78, 5) is 4.27. The summed E-state index contributed by atoms with van der Waals surface area (Å²) in [7, 11) is 0. The lowest BCUT2D eigenvalue weighted by molar-refractivity contribution is 0.450. The first-order valence-electron chi connectivity index (χ1n) is 7.68. The van der Waals surface area contributed by atoms with E-state index in [1.807, 2.05) is 4.68 Å². The molecule has 0 spiro atoms. The minimum Gasteiger partial charge on any atom is -0.317 e. The minimum atomic E-state index is -0.264. The van der Waals surface area contributed by atoms with Crippen LogP contribution in [0.1, 0.15) is 41.3 Å². The van der Waals surface area contributed by atoms with Gasteiger partial charge in [-0.3, -0.25) is 0 Å². The normalized spacial score (nSPS) is 18.4. The number of aromatic nitrogens is 3. The Morgan fingerprint density at radius 1 is 1.29 bits per heavy atom. The molecule has 4 nitrogen and oxygen atoms in total. The Bertz CT molecular complexity index is 686. The van der Waals surface area contributed by atoms with Crippen molar-refractivity contribution in [2.45, 2.75) is 38.5 Å². The highest BCUT2D eigenvalue weighted by molar-refractivity contribution is 5.43. The number of hydrogen-bond donors (Lipinski definition) is 1. The third-order valence-corrected chi connectivity index (χ3v) is 4.75. The highest BCUT2D eigenvalue weighted by Gasteiger charge is 2.27. The van der Waals surface area contributed by atoms with Crippen molar-refractivity contribution in [1.29, 1.82) is 0 Å². The standard InChI is InChI=1S/C16H19FN4/c1-10-14-3-2-12-8-13(17)9-19-16(12)21(14)20-15(10)11-4-6-18-7-5-11/h8-9,11,18H,2-7H2,1H3. The maximum atomic E-state index is 13.3. The van der Waals surface area contributed by atoms with Gasteiger partial charge in [-0.1, -0.05) is 0 Å². The number of rotatable bonds is 1. The molecule has 0 unspecified atom stereocenters. The highest BCUT2D eigenvalue weighted by atomic mass is 19.1.